The summed E-state index contributed by atoms with van der Waals surface area (Å²) in [7, 11) is 0. The van der Waals surface area contributed by atoms with Gasteiger partial charge < -0.3 is 9.84 Å². The van der Waals surface area contributed by atoms with Gasteiger partial charge in [-0.1, -0.05) is 12.2 Å². The molecule has 7 nitrogen and oxygen atoms in total. The molecule has 1 N–H and O–H groups in total. The molecule has 27 heavy (non-hydrogen) atoms. The molecule has 9 heteroatoms. The number of ether oxygens (including phenoxy) is 1. The molecule has 2 fully saturated rings. The molecule has 1 aromatic rings. The van der Waals surface area contributed by atoms with Gasteiger partial charge in [0.15, 0.2) is 6.61 Å². The van der Waals surface area contributed by atoms with Gasteiger partial charge in [0.1, 0.15) is 5.75 Å². The number of rotatable bonds is 5. The van der Waals surface area contributed by atoms with Crippen LogP contribution in [0.2, 0.25) is 0 Å². The third-order valence-corrected chi connectivity index (χ3v) is 6.31. The van der Waals surface area contributed by atoms with Gasteiger partial charge in [0.2, 0.25) is 0 Å². The summed E-state index contributed by atoms with van der Waals surface area (Å²) in [4.78, 5) is 35.9. The van der Waals surface area contributed by atoms with Gasteiger partial charge in [-0.05, 0) is 67.8 Å². The van der Waals surface area contributed by atoms with Crippen LogP contribution >= 0.6 is 31.9 Å². The van der Waals surface area contributed by atoms with E-state index in [9.17, 15) is 14.4 Å². The fraction of sp³-hybridized carbons (Fsp3) is 0.333. The number of carbonyl (C=O) groups is 3. The van der Waals surface area contributed by atoms with E-state index in [0.717, 1.165) is 11.4 Å². The minimum Gasteiger partial charge on any atom is -0.480 e. The summed E-state index contributed by atoms with van der Waals surface area (Å²) in [6.07, 6.45) is 6.38. The topological polar surface area (TPSA) is 96.3 Å². The van der Waals surface area contributed by atoms with Crippen LogP contribution in [-0.2, 0) is 14.4 Å². The summed E-state index contributed by atoms with van der Waals surface area (Å²) >= 11 is 6.65. The fourth-order valence-corrected chi connectivity index (χ4v) is 5.50. The number of imide groups is 1. The Morgan fingerprint density at radius 2 is 1.74 bits per heavy atom. The zero-order chi connectivity index (χ0) is 19.3. The molecule has 0 spiro atoms. The van der Waals surface area contributed by atoms with Gasteiger partial charge >= 0.3 is 5.97 Å². The maximum atomic E-state index is 12.6. The predicted octanol–water partition coefficient (Wildman–Crippen LogP) is 2.82. The molecule has 140 valence electrons. The zero-order valence-electron chi connectivity index (χ0n) is 13.8. The van der Waals surface area contributed by atoms with Crippen LogP contribution < -0.4 is 4.74 Å². The lowest BCUT2D eigenvalue weighted by atomic mass is 9.85. The van der Waals surface area contributed by atoms with Crippen molar-refractivity contribution in [2.75, 3.05) is 6.61 Å². The van der Waals surface area contributed by atoms with E-state index < -0.39 is 12.6 Å². The molecule has 3 aliphatic rings. The maximum absolute atomic E-state index is 12.6. The van der Waals surface area contributed by atoms with Crippen LogP contribution in [0.4, 0.5) is 0 Å². The largest absolute Gasteiger partial charge is 0.480 e. The molecule has 4 unspecified atom stereocenters. The van der Waals surface area contributed by atoms with E-state index in [1.165, 1.54) is 6.21 Å². The van der Waals surface area contributed by atoms with Crippen molar-refractivity contribution >= 4 is 55.9 Å². The molecule has 1 saturated carbocycles. The highest BCUT2D eigenvalue weighted by molar-refractivity contribution is 9.11. The van der Waals surface area contributed by atoms with Crippen LogP contribution in [0.25, 0.3) is 0 Å². The Balaban J connectivity index is 1.53. The fourth-order valence-electron chi connectivity index (χ4n) is 4.05. The third-order valence-electron chi connectivity index (χ3n) is 5.13. The second-order valence-electron chi connectivity index (χ2n) is 6.73. The second kappa shape index (κ2) is 6.87. The molecule has 4 atom stereocenters. The standard InChI is InChI=1S/C18H14Br2N2O5/c19-11-3-8(4-12(20)16(11)27-7-13(23)24)6-21-22-17(25)14-9-1-2-10(5-9)15(14)18(22)26/h1-4,6,9-10,14-15H,5,7H2,(H,23,24). The van der Waals surface area contributed by atoms with Crippen LogP contribution in [0.1, 0.15) is 12.0 Å². The summed E-state index contributed by atoms with van der Waals surface area (Å²) in [6.45, 7) is -0.472. The van der Waals surface area contributed by atoms with E-state index in [4.69, 9.17) is 9.84 Å². The number of carboxylic acid groups (broad SMARTS) is 1. The zero-order valence-corrected chi connectivity index (χ0v) is 17.0. The van der Waals surface area contributed by atoms with Crippen molar-refractivity contribution in [2.45, 2.75) is 6.42 Å². The van der Waals surface area contributed by atoms with Crippen LogP contribution in [0.15, 0.2) is 38.3 Å². The van der Waals surface area contributed by atoms with Gasteiger partial charge in [0.05, 0.1) is 27.0 Å². The van der Waals surface area contributed by atoms with Gasteiger partial charge in [0, 0.05) is 0 Å². The summed E-state index contributed by atoms with van der Waals surface area (Å²) < 4.78 is 6.26. The van der Waals surface area contributed by atoms with Crippen LogP contribution in [0.3, 0.4) is 0 Å². The van der Waals surface area contributed by atoms with E-state index in [2.05, 4.69) is 37.0 Å². The van der Waals surface area contributed by atoms with E-state index in [0.29, 0.717) is 20.3 Å². The van der Waals surface area contributed by atoms with Gasteiger partial charge in [-0.3, -0.25) is 9.59 Å². The van der Waals surface area contributed by atoms with E-state index in [1.807, 2.05) is 12.2 Å². The van der Waals surface area contributed by atoms with Crippen molar-refractivity contribution in [3.05, 3.63) is 38.8 Å². The number of aliphatic carboxylic acids is 1. The lowest BCUT2D eigenvalue weighted by Crippen LogP contribution is -2.28. The molecule has 1 saturated heterocycles. The summed E-state index contributed by atoms with van der Waals surface area (Å²) in [6, 6.07) is 3.34. The molecular weight excluding hydrogens is 484 g/mol. The van der Waals surface area contributed by atoms with Crippen LogP contribution in [0.5, 0.6) is 5.75 Å². The number of fused-ring (bicyclic) bond motifs is 5. The highest BCUT2D eigenvalue weighted by atomic mass is 79.9. The van der Waals surface area contributed by atoms with Crippen molar-refractivity contribution < 1.29 is 24.2 Å². The van der Waals surface area contributed by atoms with Crippen molar-refractivity contribution in [3.63, 3.8) is 0 Å². The first-order valence-corrected chi connectivity index (χ1v) is 9.89. The molecule has 0 aromatic heterocycles. The number of allylic oxidation sites excluding steroid dienone is 2. The molecular formula is C18H14Br2N2O5. The number of carbonyl (C=O) groups excluding carboxylic acids is 2. The number of benzene rings is 1. The van der Waals surface area contributed by atoms with Crippen LogP contribution in [-0.4, -0.2) is 40.7 Å². The van der Waals surface area contributed by atoms with Crippen molar-refractivity contribution in [3.8, 4) is 5.75 Å². The lowest BCUT2D eigenvalue weighted by Gasteiger charge is -2.13. The van der Waals surface area contributed by atoms with Crippen molar-refractivity contribution in [2.24, 2.45) is 28.8 Å². The quantitative estimate of drug-likeness (QED) is 0.383. The number of hydrogen-bond donors (Lipinski definition) is 1. The number of hydrazone groups is 1. The Kier molecular flexibility index (Phi) is 4.67. The molecule has 2 aliphatic carbocycles. The Morgan fingerprint density at radius 1 is 1.19 bits per heavy atom. The first-order chi connectivity index (χ1) is 12.9. The monoisotopic (exact) mass is 496 g/mol. The second-order valence-corrected chi connectivity index (χ2v) is 8.44. The Labute approximate surface area is 171 Å². The SMILES string of the molecule is O=C(O)COc1c(Br)cc(C=NN2C(=O)C3C4C=CC(C4)C3C2=O)cc1Br. The number of hydrogen-bond acceptors (Lipinski definition) is 5. The number of nitrogens with zero attached hydrogens (tertiary/aromatic N) is 2. The van der Waals surface area contributed by atoms with E-state index in [-0.39, 0.29) is 35.5 Å². The van der Waals surface area contributed by atoms with E-state index in [1.54, 1.807) is 12.1 Å². The average molecular weight is 498 g/mol. The Hall–Kier alpha value is -2.00. The normalized spacial score (nSPS) is 28.4. The predicted molar refractivity (Wildman–Crippen MR) is 102 cm³/mol. The van der Waals surface area contributed by atoms with E-state index >= 15 is 0 Å². The van der Waals surface area contributed by atoms with Gasteiger partial charge in [-0.15, -0.1) is 0 Å². The highest BCUT2D eigenvalue weighted by Gasteiger charge is 2.59. The van der Waals surface area contributed by atoms with Crippen molar-refractivity contribution in [1.29, 1.82) is 0 Å². The number of amides is 2. The van der Waals surface area contributed by atoms with Gasteiger partial charge in [-0.2, -0.15) is 10.1 Å². The number of halogens is 2. The summed E-state index contributed by atoms with van der Waals surface area (Å²) in [5, 5.41) is 13.8. The van der Waals surface area contributed by atoms with Crippen LogP contribution in [0, 0.1) is 23.7 Å². The Bertz CT molecular complexity index is 860. The van der Waals surface area contributed by atoms with Gasteiger partial charge in [0.25, 0.3) is 11.8 Å². The maximum Gasteiger partial charge on any atom is 0.341 e. The molecule has 1 aliphatic heterocycles. The minimum atomic E-state index is -1.08. The first-order valence-electron chi connectivity index (χ1n) is 8.30. The molecule has 2 bridgehead atoms. The lowest BCUT2D eigenvalue weighted by molar-refractivity contribution is -0.141. The van der Waals surface area contributed by atoms with Crippen molar-refractivity contribution in [1.82, 2.24) is 5.01 Å². The number of carboxylic acids is 1. The third kappa shape index (κ3) is 3.12. The molecule has 0 radical (unpaired) electrons. The molecule has 4 rings (SSSR count). The highest BCUT2D eigenvalue weighted by Crippen LogP contribution is 2.52. The molecule has 1 aromatic carbocycles. The summed E-state index contributed by atoms with van der Waals surface area (Å²) in [5.41, 5.74) is 0.621. The summed E-state index contributed by atoms with van der Waals surface area (Å²) in [5.74, 6) is -1.49. The Morgan fingerprint density at radius 3 is 2.26 bits per heavy atom. The minimum absolute atomic E-state index is 0.144. The first kappa shape index (κ1) is 18.4. The smallest absolute Gasteiger partial charge is 0.341 e. The van der Waals surface area contributed by atoms with Gasteiger partial charge in [-0.25, -0.2) is 4.79 Å². The molecule has 1 heterocycles. The molecule has 2 amide bonds. The average Bonchev–Trinajstić information content (AvgIpc) is 3.27.